The molecule has 0 bridgehead atoms. The van der Waals surface area contributed by atoms with Crippen molar-refractivity contribution in [2.45, 2.75) is 20.8 Å². The number of carboxylic acid groups (broad SMARTS) is 1. The zero-order valence-corrected chi connectivity index (χ0v) is 6.51. The molecule has 0 saturated heterocycles. The Morgan fingerprint density at radius 3 is 1.90 bits per heavy atom. The number of carbonyl (C=O) groups is 1. The molecule has 3 nitrogen and oxygen atoms in total. The summed E-state index contributed by atoms with van der Waals surface area (Å²) in [6.07, 6.45) is 1.14. The van der Waals surface area contributed by atoms with E-state index in [2.05, 4.69) is 0 Å². The quantitative estimate of drug-likeness (QED) is 0.537. The summed E-state index contributed by atoms with van der Waals surface area (Å²) < 4.78 is 0. The van der Waals surface area contributed by atoms with Gasteiger partial charge in [0, 0.05) is 6.20 Å². The van der Waals surface area contributed by atoms with Crippen molar-refractivity contribution in [3.63, 3.8) is 0 Å². The summed E-state index contributed by atoms with van der Waals surface area (Å²) in [5.41, 5.74) is 4.99. The van der Waals surface area contributed by atoms with Gasteiger partial charge in [0.2, 0.25) is 0 Å². The minimum atomic E-state index is -0.949. The third-order valence-electron chi connectivity index (χ3n) is 1.21. The van der Waals surface area contributed by atoms with Crippen LogP contribution < -0.4 is 5.73 Å². The highest BCUT2D eigenvalue weighted by atomic mass is 16.4. The van der Waals surface area contributed by atoms with Gasteiger partial charge in [0.1, 0.15) is 0 Å². The van der Waals surface area contributed by atoms with E-state index in [1.165, 1.54) is 0 Å². The monoisotopic (exact) mass is 143 g/mol. The first-order valence-corrected chi connectivity index (χ1v) is 3.05. The molecule has 0 rings (SSSR count). The highest BCUT2D eigenvalue weighted by molar-refractivity contribution is 5.87. The average Bonchev–Trinajstić information content (AvgIpc) is 1.60. The van der Waals surface area contributed by atoms with Crippen LogP contribution in [0.5, 0.6) is 0 Å². The van der Waals surface area contributed by atoms with Crippen molar-refractivity contribution < 1.29 is 9.90 Å². The van der Waals surface area contributed by atoms with E-state index in [0.29, 0.717) is 0 Å². The van der Waals surface area contributed by atoms with E-state index in [9.17, 15) is 4.79 Å². The first-order chi connectivity index (χ1) is 4.39. The van der Waals surface area contributed by atoms with Crippen LogP contribution in [0.25, 0.3) is 0 Å². The minimum Gasteiger partial charge on any atom is -0.478 e. The van der Waals surface area contributed by atoms with Crippen LogP contribution in [0.3, 0.4) is 0 Å². The average molecular weight is 143 g/mol. The molecule has 0 aliphatic heterocycles. The van der Waals surface area contributed by atoms with E-state index in [1.807, 2.05) is 0 Å². The maximum absolute atomic E-state index is 10.4. The van der Waals surface area contributed by atoms with Gasteiger partial charge in [-0.25, -0.2) is 4.79 Å². The van der Waals surface area contributed by atoms with Gasteiger partial charge in [0.05, 0.1) is 5.57 Å². The SMILES string of the molecule is CC(C)(C)C(=CN)C(=O)O. The lowest BCUT2D eigenvalue weighted by Gasteiger charge is -2.17. The maximum Gasteiger partial charge on any atom is 0.333 e. The summed E-state index contributed by atoms with van der Waals surface area (Å²) in [4.78, 5) is 10.4. The summed E-state index contributed by atoms with van der Waals surface area (Å²) in [7, 11) is 0. The molecule has 0 aromatic rings. The van der Waals surface area contributed by atoms with Crippen LogP contribution in [-0.4, -0.2) is 11.1 Å². The van der Waals surface area contributed by atoms with Gasteiger partial charge in [-0.15, -0.1) is 0 Å². The zero-order valence-electron chi connectivity index (χ0n) is 6.51. The maximum atomic E-state index is 10.4. The van der Waals surface area contributed by atoms with E-state index >= 15 is 0 Å². The number of hydrogen-bond acceptors (Lipinski definition) is 2. The Morgan fingerprint density at radius 1 is 1.50 bits per heavy atom. The smallest absolute Gasteiger partial charge is 0.333 e. The fraction of sp³-hybridized carbons (Fsp3) is 0.571. The van der Waals surface area contributed by atoms with Gasteiger partial charge in [-0.2, -0.15) is 0 Å². The van der Waals surface area contributed by atoms with Crippen molar-refractivity contribution in [2.24, 2.45) is 11.1 Å². The van der Waals surface area contributed by atoms with Crippen LogP contribution >= 0.6 is 0 Å². The van der Waals surface area contributed by atoms with Crippen molar-refractivity contribution in [1.82, 2.24) is 0 Å². The predicted octanol–water partition coefficient (Wildman–Crippen LogP) is 0.960. The zero-order chi connectivity index (χ0) is 8.36. The Balaban J connectivity index is 4.56. The second-order valence-corrected chi connectivity index (χ2v) is 3.14. The predicted molar refractivity (Wildman–Crippen MR) is 39.4 cm³/mol. The van der Waals surface area contributed by atoms with Gasteiger partial charge in [-0.1, -0.05) is 20.8 Å². The standard InChI is InChI=1S/C7H13NO2/c1-7(2,3)5(4-8)6(9)10/h4H,8H2,1-3H3,(H,9,10). The number of carboxylic acids is 1. The molecule has 0 amide bonds. The lowest BCUT2D eigenvalue weighted by Crippen LogP contribution is -2.18. The second-order valence-electron chi connectivity index (χ2n) is 3.14. The summed E-state index contributed by atoms with van der Waals surface area (Å²) in [6.45, 7) is 5.42. The Labute approximate surface area is 60.5 Å². The van der Waals surface area contributed by atoms with Gasteiger partial charge >= 0.3 is 5.97 Å². The number of rotatable bonds is 1. The van der Waals surface area contributed by atoms with Crippen molar-refractivity contribution in [3.05, 3.63) is 11.8 Å². The molecule has 0 saturated carbocycles. The molecular weight excluding hydrogens is 130 g/mol. The van der Waals surface area contributed by atoms with E-state index < -0.39 is 5.97 Å². The Kier molecular flexibility index (Phi) is 2.46. The van der Waals surface area contributed by atoms with Crippen LogP contribution in [0.4, 0.5) is 0 Å². The molecule has 10 heavy (non-hydrogen) atoms. The van der Waals surface area contributed by atoms with Crippen LogP contribution in [0.1, 0.15) is 20.8 Å². The molecule has 3 N–H and O–H groups in total. The Hall–Kier alpha value is -0.990. The molecule has 0 aliphatic rings. The van der Waals surface area contributed by atoms with Crippen LogP contribution in [-0.2, 0) is 4.79 Å². The van der Waals surface area contributed by atoms with E-state index in [1.54, 1.807) is 20.8 Å². The molecule has 0 atom stereocenters. The molecule has 0 fully saturated rings. The van der Waals surface area contributed by atoms with E-state index in [0.717, 1.165) is 6.20 Å². The number of aliphatic carboxylic acids is 1. The van der Waals surface area contributed by atoms with Crippen molar-refractivity contribution in [2.75, 3.05) is 0 Å². The summed E-state index contributed by atoms with van der Waals surface area (Å²) in [5, 5.41) is 8.56. The Bertz CT molecular complexity index is 165. The first kappa shape index (κ1) is 9.01. The topological polar surface area (TPSA) is 63.3 Å². The molecule has 0 aliphatic carbocycles. The molecule has 0 unspecified atom stereocenters. The molecule has 58 valence electrons. The van der Waals surface area contributed by atoms with Gasteiger partial charge in [-0.05, 0) is 5.41 Å². The van der Waals surface area contributed by atoms with Crippen molar-refractivity contribution in [3.8, 4) is 0 Å². The lowest BCUT2D eigenvalue weighted by atomic mass is 9.87. The first-order valence-electron chi connectivity index (χ1n) is 3.05. The minimum absolute atomic E-state index is 0.243. The molecule has 0 spiro atoms. The van der Waals surface area contributed by atoms with E-state index in [4.69, 9.17) is 10.8 Å². The molecular formula is C7H13NO2. The van der Waals surface area contributed by atoms with Gasteiger partial charge in [0.15, 0.2) is 0 Å². The molecule has 0 radical (unpaired) electrons. The summed E-state index contributed by atoms with van der Waals surface area (Å²) >= 11 is 0. The third kappa shape index (κ3) is 2.09. The summed E-state index contributed by atoms with van der Waals surface area (Å²) in [5.74, 6) is -0.949. The number of hydrogen-bond donors (Lipinski definition) is 2. The highest BCUT2D eigenvalue weighted by Gasteiger charge is 2.22. The fourth-order valence-electron chi connectivity index (χ4n) is 0.642. The van der Waals surface area contributed by atoms with Gasteiger partial charge in [-0.3, -0.25) is 0 Å². The van der Waals surface area contributed by atoms with Gasteiger partial charge in [0.25, 0.3) is 0 Å². The Morgan fingerprint density at radius 2 is 1.90 bits per heavy atom. The number of nitrogens with two attached hydrogens (primary N) is 1. The fourth-order valence-corrected chi connectivity index (χ4v) is 0.642. The van der Waals surface area contributed by atoms with Crippen molar-refractivity contribution >= 4 is 5.97 Å². The largest absolute Gasteiger partial charge is 0.478 e. The third-order valence-corrected chi connectivity index (χ3v) is 1.21. The van der Waals surface area contributed by atoms with Crippen LogP contribution in [0.2, 0.25) is 0 Å². The lowest BCUT2D eigenvalue weighted by molar-refractivity contribution is -0.133. The van der Waals surface area contributed by atoms with Gasteiger partial charge < -0.3 is 10.8 Å². The van der Waals surface area contributed by atoms with Crippen molar-refractivity contribution in [1.29, 1.82) is 0 Å². The molecule has 0 aromatic heterocycles. The van der Waals surface area contributed by atoms with E-state index in [-0.39, 0.29) is 11.0 Å². The molecule has 0 aromatic carbocycles. The second kappa shape index (κ2) is 2.73. The summed E-state index contributed by atoms with van der Waals surface area (Å²) in [6, 6.07) is 0. The highest BCUT2D eigenvalue weighted by Crippen LogP contribution is 2.23. The molecule has 3 heteroatoms. The van der Waals surface area contributed by atoms with Crippen LogP contribution in [0, 0.1) is 5.41 Å². The van der Waals surface area contributed by atoms with Crippen LogP contribution in [0.15, 0.2) is 11.8 Å². The normalized spacial score (nSPS) is 13.3. The molecule has 0 heterocycles.